The standard InChI is InChI=1S/C14H20ClN3O2/c1-4-16-14(20)17-13(19)9-18(3)10(2)11-5-7-12(15)8-6-11/h5-8,10H,4,9H2,1-3H3,(H2,16,17,19,20). The van der Waals surface area contributed by atoms with E-state index in [1.165, 1.54) is 0 Å². The summed E-state index contributed by atoms with van der Waals surface area (Å²) in [6.45, 7) is 4.40. The van der Waals surface area contributed by atoms with Gasteiger partial charge in [-0.3, -0.25) is 15.0 Å². The highest BCUT2D eigenvalue weighted by molar-refractivity contribution is 6.30. The highest BCUT2D eigenvalue weighted by Crippen LogP contribution is 2.20. The van der Waals surface area contributed by atoms with E-state index in [9.17, 15) is 9.59 Å². The summed E-state index contributed by atoms with van der Waals surface area (Å²) in [5.74, 6) is -0.334. The number of urea groups is 1. The number of hydrogen-bond acceptors (Lipinski definition) is 3. The number of hydrogen-bond donors (Lipinski definition) is 2. The topological polar surface area (TPSA) is 61.4 Å². The molecule has 1 aromatic rings. The van der Waals surface area contributed by atoms with Crippen molar-refractivity contribution in [2.45, 2.75) is 19.9 Å². The first-order valence-electron chi connectivity index (χ1n) is 6.47. The van der Waals surface area contributed by atoms with E-state index in [0.717, 1.165) is 5.56 Å². The van der Waals surface area contributed by atoms with Gasteiger partial charge in [-0.2, -0.15) is 0 Å². The lowest BCUT2D eigenvalue weighted by Crippen LogP contribution is -2.44. The molecule has 0 aromatic heterocycles. The molecule has 0 aliphatic carbocycles. The summed E-state index contributed by atoms with van der Waals surface area (Å²) < 4.78 is 0. The van der Waals surface area contributed by atoms with Gasteiger partial charge in [0.2, 0.25) is 5.91 Å². The van der Waals surface area contributed by atoms with Crippen LogP contribution in [0.2, 0.25) is 5.02 Å². The van der Waals surface area contributed by atoms with Crippen molar-refractivity contribution in [1.82, 2.24) is 15.5 Å². The quantitative estimate of drug-likeness (QED) is 0.876. The number of likely N-dealkylation sites (N-methyl/N-ethyl adjacent to an activating group) is 1. The molecule has 5 nitrogen and oxygen atoms in total. The minimum absolute atomic E-state index is 0.0484. The van der Waals surface area contributed by atoms with E-state index in [-0.39, 0.29) is 18.5 Å². The molecule has 0 aliphatic heterocycles. The summed E-state index contributed by atoms with van der Waals surface area (Å²) in [5, 5.41) is 5.47. The lowest BCUT2D eigenvalue weighted by atomic mass is 10.1. The lowest BCUT2D eigenvalue weighted by molar-refractivity contribution is -0.121. The summed E-state index contributed by atoms with van der Waals surface area (Å²) in [4.78, 5) is 24.8. The van der Waals surface area contributed by atoms with Crippen molar-refractivity contribution in [3.8, 4) is 0 Å². The number of carbonyl (C=O) groups is 2. The molecule has 0 saturated heterocycles. The van der Waals surface area contributed by atoms with Crippen LogP contribution in [0.4, 0.5) is 4.79 Å². The Labute approximate surface area is 124 Å². The van der Waals surface area contributed by atoms with Gasteiger partial charge in [-0.1, -0.05) is 23.7 Å². The van der Waals surface area contributed by atoms with E-state index in [0.29, 0.717) is 11.6 Å². The molecular weight excluding hydrogens is 278 g/mol. The molecule has 0 fully saturated rings. The summed E-state index contributed by atoms with van der Waals surface area (Å²) in [6, 6.07) is 7.06. The number of benzene rings is 1. The van der Waals surface area contributed by atoms with Gasteiger partial charge in [-0.15, -0.1) is 0 Å². The van der Waals surface area contributed by atoms with Gasteiger partial charge in [0.25, 0.3) is 0 Å². The summed E-state index contributed by atoms with van der Waals surface area (Å²) in [7, 11) is 1.83. The van der Waals surface area contributed by atoms with Gasteiger partial charge < -0.3 is 5.32 Å². The first-order valence-corrected chi connectivity index (χ1v) is 6.85. The Morgan fingerprint density at radius 3 is 2.45 bits per heavy atom. The van der Waals surface area contributed by atoms with Gasteiger partial charge in [0.1, 0.15) is 0 Å². The predicted octanol–water partition coefficient (Wildman–Crippen LogP) is 2.18. The first kappa shape index (κ1) is 16.5. The van der Waals surface area contributed by atoms with Gasteiger partial charge in [-0.25, -0.2) is 4.79 Å². The number of halogens is 1. The van der Waals surface area contributed by atoms with Crippen LogP contribution in [0.15, 0.2) is 24.3 Å². The van der Waals surface area contributed by atoms with E-state index >= 15 is 0 Å². The second kappa shape index (κ2) is 7.87. The van der Waals surface area contributed by atoms with Crippen LogP contribution in [0.25, 0.3) is 0 Å². The third-order valence-corrected chi connectivity index (χ3v) is 3.25. The summed E-state index contributed by atoms with van der Waals surface area (Å²) >= 11 is 5.85. The van der Waals surface area contributed by atoms with Crippen molar-refractivity contribution in [2.75, 3.05) is 20.1 Å². The Kier molecular flexibility index (Phi) is 6.48. The predicted molar refractivity (Wildman–Crippen MR) is 79.7 cm³/mol. The number of amides is 3. The average Bonchev–Trinajstić information content (AvgIpc) is 2.38. The molecule has 110 valence electrons. The van der Waals surface area contributed by atoms with E-state index in [4.69, 9.17) is 11.6 Å². The molecule has 0 saturated carbocycles. The summed E-state index contributed by atoms with van der Waals surface area (Å²) in [5.41, 5.74) is 1.06. The largest absolute Gasteiger partial charge is 0.338 e. The fraction of sp³-hybridized carbons (Fsp3) is 0.429. The van der Waals surface area contributed by atoms with Gasteiger partial charge in [-0.05, 0) is 38.6 Å². The molecule has 0 aliphatic rings. The van der Waals surface area contributed by atoms with Crippen LogP contribution < -0.4 is 10.6 Å². The second-order valence-electron chi connectivity index (χ2n) is 4.55. The minimum atomic E-state index is -0.468. The Balaban J connectivity index is 2.53. The van der Waals surface area contributed by atoms with Crippen molar-refractivity contribution in [2.24, 2.45) is 0 Å². The maximum absolute atomic E-state index is 11.7. The van der Waals surface area contributed by atoms with Crippen LogP contribution in [-0.2, 0) is 4.79 Å². The third kappa shape index (κ3) is 5.19. The van der Waals surface area contributed by atoms with E-state index in [2.05, 4.69) is 10.6 Å². The number of imide groups is 1. The molecule has 1 rings (SSSR count). The molecule has 0 heterocycles. The Bertz CT molecular complexity index is 462. The smallest absolute Gasteiger partial charge is 0.321 e. The van der Waals surface area contributed by atoms with E-state index in [1.807, 2.05) is 43.1 Å². The Hall–Kier alpha value is -1.59. The van der Waals surface area contributed by atoms with Crippen LogP contribution >= 0.6 is 11.6 Å². The maximum Gasteiger partial charge on any atom is 0.321 e. The van der Waals surface area contributed by atoms with Gasteiger partial charge >= 0.3 is 6.03 Å². The molecule has 0 bridgehead atoms. The normalized spacial score (nSPS) is 12.1. The monoisotopic (exact) mass is 297 g/mol. The fourth-order valence-electron chi connectivity index (χ4n) is 1.73. The van der Waals surface area contributed by atoms with Crippen molar-refractivity contribution in [3.63, 3.8) is 0 Å². The summed E-state index contributed by atoms with van der Waals surface area (Å²) in [6.07, 6.45) is 0. The van der Waals surface area contributed by atoms with Crippen molar-refractivity contribution < 1.29 is 9.59 Å². The van der Waals surface area contributed by atoms with Crippen LogP contribution in [0.3, 0.4) is 0 Å². The number of nitrogens with one attached hydrogen (secondary N) is 2. The molecule has 2 N–H and O–H groups in total. The van der Waals surface area contributed by atoms with Crippen molar-refractivity contribution in [3.05, 3.63) is 34.9 Å². The lowest BCUT2D eigenvalue weighted by Gasteiger charge is -2.24. The zero-order valence-electron chi connectivity index (χ0n) is 11.9. The zero-order valence-corrected chi connectivity index (χ0v) is 12.7. The molecular formula is C14H20ClN3O2. The number of nitrogens with zero attached hydrogens (tertiary/aromatic N) is 1. The van der Waals surface area contributed by atoms with Crippen molar-refractivity contribution in [1.29, 1.82) is 0 Å². The molecule has 1 unspecified atom stereocenters. The average molecular weight is 298 g/mol. The van der Waals surface area contributed by atoms with Crippen LogP contribution in [-0.4, -0.2) is 37.0 Å². The van der Waals surface area contributed by atoms with Crippen LogP contribution in [0.5, 0.6) is 0 Å². The molecule has 1 aromatic carbocycles. The zero-order chi connectivity index (χ0) is 15.1. The molecule has 20 heavy (non-hydrogen) atoms. The van der Waals surface area contributed by atoms with Gasteiger partial charge in [0, 0.05) is 17.6 Å². The molecule has 0 radical (unpaired) electrons. The molecule has 1 atom stereocenters. The second-order valence-corrected chi connectivity index (χ2v) is 4.99. The number of rotatable bonds is 5. The molecule has 0 spiro atoms. The fourth-order valence-corrected chi connectivity index (χ4v) is 1.86. The van der Waals surface area contributed by atoms with Crippen LogP contribution in [0.1, 0.15) is 25.5 Å². The Morgan fingerprint density at radius 2 is 1.90 bits per heavy atom. The molecule has 3 amide bonds. The van der Waals surface area contributed by atoms with E-state index < -0.39 is 6.03 Å². The van der Waals surface area contributed by atoms with Crippen LogP contribution in [0, 0.1) is 0 Å². The highest BCUT2D eigenvalue weighted by atomic mass is 35.5. The minimum Gasteiger partial charge on any atom is -0.338 e. The number of carbonyl (C=O) groups excluding carboxylic acids is 2. The Morgan fingerprint density at radius 1 is 1.30 bits per heavy atom. The third-order valence-electron chi connectivity index (χ3n) is 3.00. The highest BCUT2D eigenvalue weighted by Gasteiger charge is 2.16. The maximum atomic E-state index is 11.7. The molecule has 6 heteroatoms. The first-order chi connectivity index (χ1) is 9.43. The van der Waals surface area contributed by atoms with Gasteiger partial charge in [0.05, 0.1) is 6.54 Å². The van der Waals surface area contributed by atoms with E-state index in [1.54, 1.807) is 6.92 Å². The van der Waals surface area contributed by atoms with Crippen molar-refractivity contribution >= 4 is 23.5 Å². The van der Waals surface area contributed by atoms with Gasteiger partial charge in [0.15, 0.2) is 0 Å². The SMILES string of the molecule is CCNC(=O)NC(=O)CN(C)C(C)c1ccc(Cl)cc1.